The highest BCUT2D eigenvalue weighted by molar-refractivity contribution is 5.76. The number of benzene rings is 1. The highest BCUT2D eigenvalue weighted by atomic mass is 16.5. The summed E-state index contributed by atoms with van der Waals surface area (Å²) in [5.74, 6) is 0.288. The molecule has 5 heteroatoms. The number of piperazine rings is 1. The summed E-state index contributed by atoms with van der Waals surface area (Å²) in [4.78, 5) is 19.1. The Balaban J connectivity index is 1.51. The van der Waals surface area contributed by atoms with Gasteiger partial charge in [-0.15, -0.1) is 0 Å². The van der Waals surface area contributed by atoms with Crippen molar-refractivity contribution in [3.63, 3.8) is 0 Å². The molecule has 0 aliphatic carbocycles. The van der Waals surface area contributed by atoms with Crippen molar-refractivity contribution in [1.82, 2.24) is 14.7 Å². The molecule has 2 aliphatic heterocycles. The number of nitrogens with zero attached hydrogens (tertiary/aromatic N) is 3. The molecule has 1 amide bonds. The van der Waals surface area contributed by atoms with Gasteiger partial charge in [-0.2, -0.15) is 0 Å². The van der Waals surface area contributed by atoms with Crippen molar-refractivity contribution in [1.29, 1.82) is 0 Å². The first-order valence-corrected chi connectivity index (χ1v) is 8.95. The van der Waals surface area contributed by atoms with Gasteiger partial charge < -0.3 is 14.5 Å². The fourth-order valence-corrected chi connectivity index (χ4v) is 3.58. The van der Waals surface area contributed by atoms with Crippen molar-refractivity contribution in [2.45, 2.75) is 18.9 Å². The molecule has 0 bridgehead atoms. The molecule has 0 radical (unpaired) electrons. The minimum atomic E-state index is -0.281. The predicted molar refractivity (Wildman–Crippen MR) is 94.9 cm³/mol. The number of amides is 1. The number of rotatable bonds is 4. The second kappa shape index (κ2) is 7.64. The van der Waals surface area contributed by atoms with E-state index in [1.807, 2.05) is 11.0 Å². The summed E-state index contributed by atoms with van der Waals surface area (Å²) in [6.45, 7) is 9.11. The molecule has 24 heavy (non-hydrogen) atoms. The fourth-order valence-electron chi connectivity index (χ4n) is 3.58. The number of carbonyl (C=O) groups excluding carboxylic acids is 1. The minimum absolute atomic E-state index is 0.281. The summed E-state index contributed by atoms with van der Waals surface area (Å²) >= 11 is 0. The van der Waals surface area contributed by atoms with E-state index in [9.17, 15) is 4.79 Å². The SMILES string of the molecule is CN1CCN(C(=O)CCN2CCO[C@@](C)(c3ccccc3)C2)CC1. The molecule has 2 fully saturated rings. The number of hydrogen-bond donors (Lipinski definition) is 0. The molecule has 2 aliphatic rings. The van der Waals surface area contributed by atoms with Crippen LogP contribution in [0.3, 0.4) is 0 Å². The van der Waals surface area contributed by atoms with Gasteiger partial charge in [0.25, 0.3) is 0 Å². The molecule has 5 nitrogen and oxygen atoms in total. The van der Waals surface area contributed by atoms with Crippen LogP contribution in [0, 0.1) is 0 Å². The second-order valence-electron chi connectivity index (χ2n) is 7.16. The van der Waals surface area contributed by atoms with E-state index in [1.54, 1.807) is 0 Å². The zero-order valence-corrected chi connectivity index (χ0v) is 14.9. The van der Waals surface area contributed by atoms with Gasteiger partial charge in [0.2, 0.25) is 5.91 Å². The van der Waals surface area contributed by atoms with Gasteiger partial charge in [0.05, 0.1) is 6.61 Å². The summed E-state index contributed by atoms with van der Waals surface area (Å²) in [6, 6.07) is 10.4. The van der Waals surface area contributed by atoms with Crippen molar-refractivity contribution in [2.24, 2.45) is 0 Å². The largest absolute Gasteiger partial charge is 0.368 e. The molecule has 0 unspecified atom stereocenters. The lowest BCUT2D eigenvalue weighted by Gasteiger charge is -2.41. The molecule has 2 saturated heterocycles. The molecule has 0 aromatic heterocycles. The van der Waals surface area contributed by atoms with Crippen LogP contribution in [0.25, 0.3) is 0 Å². The Kier molecular flexibility index (Phi) is 5.54. The number of ether oxygens (including phenoxy) is 1. The molecule has 1 aromatic carbocycles. The van der Waals surface area contributed by atoms with Crippen LogP contribution in [0.15, 0.2) is 30.3 Å². The Labute approximate surface area is 145 Å². The van der Waals surface area contributed by atoms with Crippen molar-refractivity contribution in [3.8, 4) is 0 Å². The normalized spacial score (nSPS) is 26.5. The van der Waals surface area contributed by atoms with Crippen molar-refractivity contribution < 1.29 is 9.53 Å². The third kappa shape index (κ3) is 4.15. The van der Waals surface area contributed by atoms with E-state index in [4.69, 9.17) is 4.74 Å². The predicted octanol–water partition coefficient (Wildman–Crippen LogP) is 1.40. The molecule has 0 spiro atoms. The molecular weight excluding hydrogens is 302 g/mol. The summed E-state index contributed by atoms with van der Waals surface area (Å²) < 4.78 is 6.07. The van der Waals surface area contributed by atoms with Crippen molar-refractivity contribution in [3.05, 3.63) is 35.9 Å². The van der Waals surface area contributed by atoms with Gasteiger partial charge in [-0.25, -0.2) is 0 Å². The second-order valence-corrected chi connectivity index (χ2v) is 7.16. The third-order valence-electron chi connectivity index (χ3n) is 5.24. The number of carbonyl (C=O) groups is 1. The van der Waals surface area contributed by atoms with Crippen LogP contribution in [0.4, 0.5) is 0 Å². The van der Waals surface area contributed by atoms with Crippen LogP contribution in [0.5, 0.6) is 0 Å². The Bertz CT molecular complexity index is 543. The van der Waals surface area contributed by atoms with E-state index >= 15 is 0 Å². The Morgan fingerprint density at radius 3 is 2.54 bits per heavy atom. The van der Waals surface area contributed by atoms with Crippen molar-refractivity contribution in [2.75, 3.05) is 59.5 Å². The number of likely N-dealkylation sites (N-methyl/N-ethyl adjacent to an activating group) is 1. The molecule has 3 rings (SSSR count). The smallest absolute Gasteiger partial charge is 0.223 e. The van der Waals surface area contributed by atoms with Gasteiger partial charge in [0, 0.05) is 52.2 Å². The quantitative estimate of drug-likeness (QED) is 0.836. The zero-order chi connectivity index (χ0) is 17.0. The van der Waals surface area contributed by atoms with Gasteiger partial charge in [-0.1, -0.05) is 30.3 Å². The topological polar surface area (TPSA) is 36.0 Å². The van der Waals surface area contributed by atoms with E-state index in [2.05, 4.69) is 48.0 Å². The van der Waals surface area contributed by atoms with E-state index < -0.39 is 0 Å². The van der Waals surface area contributed by atoms with Gasteiger partial charge in [-0.3, -0.25) is 9.69 Å². The first kappa shape index (κ1) is 17.4. The minimum Gasteiger partial charge on any atom is -0.368 e. The van der Waals surface area contributed by atoms with Crippen LogP contribution in [-0.2, 0) is 15.1 Å². The average molecular weight is 331 g/mol. The zero-order valence-electron chi connectivity index (χ0n) is 14.9. The standard InChI is InChI=1S/C19H29N3O2/c1-19(17-6-4-3-5-7-17)16-21(14-15-24-19)9-8-18(23)22-12-10-20(2)11-13-22/h3-7H,8-16H2,1-2H3/t19-/m1/s1. The third-order valence-corrected chi connectivity index (χ3v) is 5.24. The van der Waals surface area contributed by atoms with E-state index in [1.165, 1.54) is 5.56 Å². The molecular formula is C19H29N3O2. The maximum Gasteiger partial charge on any atom is 0.223 e. The summed E-state index contributed by atoms with van der Waals surface area (Å²) in [6.07, 6.45) is 0.606. The Morgan fingerprint density at radius 1 is 1.12 bits per heavy atom. The Hall–Kier alpha value is -1.43. The van der Waals surface area contributed by atoms with Gasteiger partial charge >= 0.3 is 0 Å². The molecule has 1 atom stereocenters. The lowest BCUT2D eigenvalue weighted by Crippen LogP contribution is -2.50. The van der Waals surface area contributed by atoms with Gasteiger partial charge in [-0.05, 0) is 19.5 Å². The molecule has 0 saturated carbocycles. The van der Waals surface area contributed by atoms with Crippen molar-refractivity contribution >= 4 is 5.91 Å². The van der Waals surface area contributed by atoms with Crippen LogP contribution in [0.2, 0.25) is 0 Å². The number of morpholine rings is 1. The van der Waals surface area contributed by atoms with Crippen LogP contribution in [0.1, 0.15) is 18.9 Å². The lowest BCUT2D eigenvalue weighted by atomic mass is 9.94. The van der Waals surface area contributed by atoms with Crippen LogP contribution >= 0.6 is 0 Å². The maximum atomic E-state index is 12.4. The summed E-state index contributed by atoms with van der Waals surface area (Å²) in [7, 11) is 2.11. The van der Waals surface area contributed by atoms with E-state index in [0.717, 1.165) is 45.8 Å². The fraction of sp³-hybridized carbons (Fsp3) is 0.632. The van der Waals surface area contributed by atoms with E-state index in [-0.39, 0.29) is 11.5 Å². The lowest BCUT2D eigenvalue weighted by molar-refractivity contribution is -0.135. The van der Waals surface area contributed by atoms with Crippen LogP contribution < -0.4 is 0 Å². The Morgan fingerprint density at radius 2 is 1.83 bits per heavy atom. The van der Waals surface area contributed by atoms with Gasteiger partial charge in [0.1, 0.15) is 5.60 Å². The first-order valence-electron chi connectivity index (χ1n) is 8.95. The molecule has 1 aromatic rings. The highest BCUT2D eigenvalue weighted by Gasteiger charge is 2.33. The van der Waals surface area contributed by atoms with E-state index in [0.29, 0.717) is 13.0 Å². The van der Waals surface area contributed by atoms with Crippen LogP contribution in [-0.4, -0.2) is 80.1 Å². The molecule has 0 N–H and O–H groups in total. The average Bonchev–Trinajstić information content (AvgIpc) is 2.61. The molecule has 2 heterocycles. The summed E-state index contributed by atoms with van der Waals surface area (Å²) in [5, 5.41) is 0. The monoisotopic (exact) mass is 331 g/mol. The highest BCUT2D eigenvalue weighted by Crippen LogP contribution is 2.29. The van der Waals surface area contributed by atoms with Gasteiger partial charge in [0.15, 0.2) is 0 Å². The molecule has 132 valence electrons. The first-order chi connectivity index (χ1) is 11.6. The summed E-state index contributed by atoms with van der Waals surface area (Å²) in [5.41, 5.74) is 0.927. The maximum absolute atomic E-state index is 12.4. The number of hydrogen-bond acceptors (Lipinski definition) is 4.